The Bertz CT molecular complexity index is 810. The molecule has 0 spiro atoms. The first kappa shape index (κ1) is 26.6. The molecule has 1 aromatic rings. The quantitative estimate of drug-likeness (QED) is 0.444. The van der Waals surface area contributed by atoms with E-state index < -0.39 is 42.5 Å². The highest BCUT2D eigenvalue weighted by Crippen LogP contribution is 2.21. The summed E-state index contributed by atoms with van der Waals surface area (Å²) >= 11 is 0. The average molecular weight is 462 g/mol. The lowest BCUT2D eigenvalue weighted by Gasteiger charge is -2.33. The number of alkyl carbamates (subject to hydrolysis) is 1. The molecule has 0 saturated carbocycles. The average Bonchev–Trinajstić information content (AvgIpc) is 2.80. The zero-order chi connectivity index (χ0) is 24.4. The molecule has 0 bridgehead atoms. The van der Waals surface area contributed by atoms with Gasteiger partial charge >= 0.3 is 12.1 Å². The highest BCUT2D eigenvalue weighted by molar-refractivity contribution is 5.81. The van der Waals surface area contributed by atoms with E-state index in [-0.39, 0.29) is 19.8 Å². The van der Waals surface area contributed by atoms with Gasteiger partial charge in [-0.05, 0) is 33.3 Å². The lowest BCUT2D eigenvalue weighted by molar-refractivity contribution is -0.170. The number of cyclic esters (lactones) is 1. The Hall–Kier alpha value is -2.68. The fraction of sp³-hybridized carbons (Fsp3) is 0.520. The minimum absolute atomic E-state index is 0.0791. The van der Waals surface area contributed by atoms with Crippen molar-refractivity contribution in [2.45, 2.75) is 64.8 Å². The van der Waals surface area contributed by atoms with Crippen LogP contribution < -0.4 is 5.32 Å². The van der Waals surface area contributed by atoms with Crippen molar-refractivity contribution in [2.24, 2.45) is 0 Å². The molecule has 1 aliphatic rings. The summed E-state index contributed by atoms with van der Waals surface area (Å²) in [4.78, 5) is 25.1. The first-order chi connectivity index (χ1) is 15.7. The highest BCUT2D eigenvalue weighted by atomic mass is 16.6. The van der Waals surface area contributed by atoms with Crippen molar-refractivity contribution in [3.8, 4) is 0 Å². The third kappa shape index (κ3) is 9.00. The van der Waals surface area contributed by atoms with Gasteiger partial charge in [-0.15, -0.1) is 0 Å². The van der Waals surface area contributed by atoms with Crippen LogP contribution in [-0.4, -0.2) is 62.3 Å². The van der Waals surface area contributed by atoms with Gasteiger partial charge in [-0.25, -0.2) is 9.59 Å². The number of hydrogen-bond acceptors (Lipinski definition) is 7. The number of ether oxygens (including phenoxy) is 5. The molecular weight excluding hydrogens is 426 g/mol. The molecule has 0 radical (unpaired) electrons. The molecule has 0 aliphatic carbocycles. The SMILES string of the molecule is C=C(C)CO[C@H]1[C@H](OCC(=C)C)[C@H](C)OC(=O)[C@@H](NC(=O)OCc2ccccc2)CO[C@H]1C. The summed E-state index contributed by atoms with van der Waals surface area (Å²) in [6.07, 6.45) is -3.01. The number of benzene rings is 1. The van der Waals surface area contributed by atoms with E-state index in [0.29, 0.717) is 6.61 Å². The first-order valence-corrected chi connectivity index (χ1v) is 11.0. The number of hydrogen-bond donors (Lipinski definition) is 1. The van der Waals surface area contributed by atoms with E-state index in [0.717, 1.165) is 16.7 Å². The molecule has 0 unspecified atom stereocenters. The molecule has 182 valence electrons. The van der Waals surface area contributed by atoms with E-state index in [1.54, 1.807) is 6.92 Å². The molecule has 5 atom stereocenters. The third-order valence-electron chi connectivity index (χ3n) is 4.91. The number of esters is 1. The van der Waals surface area contributed by atoms with E-state index >= 15 is 0 Å². The minimum atomic E-state index is -1.04. The summed E-state index contributed by atoms with van der Waals surface area (Å²) in [7, 11) is 0. The molecule has 8 heteroatoms. The molecule has 2 rings (SSSR count). The number of amides is 1. The van der Waals surface area contributed by atoms with Crippen molar-refractivity contribution >= 4 is 12.1 Å². The van der Waals surface area contributed by atoms with Gasteiger partial charge in [0.15, 0.2) is 6.04 Å². The van der Waals surface area contributed by atoms with Crippen LogP contribution in [0.1, 0.15) is 33.3 Å². The van der Waals surface area contributed by atoms with Crippen LogP contribution in [0.5, 0.6) is 0 Å². The zero-order valence-corrected chi connectivity index (χ0v) is 19.9. The van der Waals surface area contributed by atoms with Gasteiger partial charge in [0, 0.05) is 0 Å². The predicted molar refractivity (Wildman–Crippen MR) is 124 cm³/mol. The van der Waals surface area contributed by atoms with Crippen molar-refractivity contribution in [3.05, 3.63) is 60.2 Å². The van der Waals surface area contributed by atoms with Crippen LogP contribution in [0.3, 0.4) is 0 Å². The number of carbonyl (C=O) groups is 2. The molecular formula is C25H35NO7. The standard InChI is InChI=1S/C25H35NO7/c1-16(2)12-30-22-18(5)29-15-21(24(27)33-19(6)23(22)31-13-17(3)4)26-25(28)32-14-20-10-8-7-9-11-20/h7-11,18-19,21-23H,1,3,12-15H2,2,4-6H3,(H,26,28)/t18-,19-,21-,22+,23+/m0/s1. The maximum Gasteiger partial charge on any atom is 0.408 e. The van der Waals surface area contributed by atoms with Crippen LogP contribution in [-0.2, 0) is 35.1 Å². The second-order valence-corrected chi connectivity index (χ2v) is 8.40. The largest absolute Gasteiger partial charge is 0.458 e. The molecule has 1 saturated heterocycles. The summed E-state index contributed by atoms with van der Waals surface area (Å²) in [5, 5.41) is 2.54. The molecule has 1 heterocycles. The summed E-state index contributed by atoms with van der Waals surface area (Å²) in [6.45, 7) is 15.5. The van der Waals surface area contributed by atoms with Gasteiger partial charge < -0.3 is 29.0 Å². The molecule has 33 heavy (non-hydrogen) atoms. The van der Waals surface area contributed by atoms with Crippen LogP contribution >= 0.6 is 0 Å². The van der Waals surface area contributed by atoms with Crippen molar-refractivity contribution in [1.82, 2.24) is 5.32 Å². The van der Waals surface area contributed by atoms with Gasteiger partial charge in [0.1, 0.15) is 24.9 Å². The Kier molecular flexibility index (Phi) is 10.6. The Morgan fingerprint density at radius 2 is 1.61 bits per heavy atom. The van der Waals surface area contributed by atoms with E-state index in [4.69, 9.17) is 23.7 Å². The first-order valence-electron chi connectivity index (χ1n) is 11.0. The molecule has 1 aromatic carbocycles. The molecule has 1 amide bonds. The van der Waals surface area contributed by atoms with Crippen molar-refractivity contribution < 1.29 is 33.3 Å². The van der Waals surface area contributed by atoms with Crippen molar-refractivity contribution in [1.29, 1.82) is 0 Å². The zero-order valence-electron chi connectivity index (χ0n) is 19.9. The van der Waals surface area contributed by atoms with Gasteiger partial charge in [-0.2, -0.15) is 0 Å². The Morgan fingerprint density at radius 3 is 2.18 bits per heavy atom. The normalized spacial score (nSPS) is 25.7. The summed E-state index contributed by atoms with van der Waals surface area (Å²) < 4.78 is 28.8. The van der Waals surface area contributed by atoms with Crippen LogP contribution in [0, 0.1) is 0 Å². The second kappa shape index (κ2) is 13.1. The molecule has 1 N–H and O–H groups in total. The Morgan fingerprint density at radius 1 is 1.03 bits per heavy atom. The maximum atomic E-state index is 12.8. The number of nitrogens with one attached hydrogen (secondary N) is 1. The lowest BCUT2D eigenvalue weighted by Crippen LogP contribution is -2.48. The monoisotopic (exact) mass is 461 g/mol. The van der Waals surface area contributed by atoms with E-state index in [1.165, 1.54) is 0 Å². The summed E-state index contributed by atoms with van der Waals surface area (Å²) in [5.74, 6) is -0.643. The highest BCUT2D eigenvalue weighted by Gasteiger charge is 2.39. The van der Waals surface area contributed by atoms with Crippen LogP contribution in [0.2, 0.25) is 0 Å². The van der Waals surface area contributed by atoms with Crippen molar-refractivity contribution in [2.75, 3.05) is 19.8 Å². The Balaban J connectivity index is 2.09. The predicted octanol–water partition coefficient (Wildman–Crippen LogP) is 3.55. The smallest absolute Gasteiger partial charge is 0.408 e. The second-order valence-electron chi connectivity index (χ2n) is 8.40. The minimum Gasteiger partial charge on any atom is -0.458 e. The van der Waals surface area contributed by atoms with Crippen LogP contribution in [0.4, 0.5) is 4.79 Å². The fourth-order valence-electron chi connectivity index (χ4n) is 3.22. The topological polar surface area (TPSA) is 92.3 Å². The van der Waals surface area contributed by atoms with Gasteiger partial charge in [0.05, 0.1) is 25.9 Å². The van der Waals surface area contributed by atoms with E-state index in [9.17, 15) is 9.59 Å². The maximum absolute atomic E-state index is 12.8. The molecule has 1 fully saturated rings. The lowest BCUT2D eigenvalue weighted by atomic mass is 10.0. The summed E-state index contributed by atoms with van der Waals surface area (Å²) in [5.41, 5.74) is 2.49. The van der Waals surface area contributed by atoms with Crippen molar-refractivity contribution in [3.63, 3.8) is 0 Å². The van der Waals surface area contributed by atoms with Crippen LogP contribution in [0.25, 0.3) is 0 Å². The molecule has 1 aliphatic heterocycles. The van der Waals surface area contributed by atoms with Gasteiger partial charge in [0.2, 0.25) is 0 Å². The summed E-state index contributed by atoms with van der Waals surface area (Å²) in [6, 6.07) is 8.20. The van der Waals surface area contributed by atoms with E-state index in [1.807, 2.05) is 51.1 Å². The van der Waals surface area contributed by atoms with Crippen LogP contribution in [0.15, 0.2) is 54.6 Å². The Labute approximate surface area is 195 Å². The van der Waals surface area contributed by atoms with Gasteiger partial charge in [-0.1, -0.05) is 54.6 Å². The van der Waals surface area contributed by atoms with Gasteiger partial charge in [-0.3, -0.25) is 0 Å². The fourth-order valence-corrected chi connectivity index (χ4v) is 3.22. The number of rotatable bonds is 9. The third-order valence-corrected chi connectivity index (χ3v) is 4.91. The van der Waals surface area contributed by atoms with E-state index in [2.05, 4.69) is 18.5 Å². The number of carbonyl (C=O) groups excluding carboxylic acids is 2. The molecule has 8 nitrogen and oxygen atoms in total. The molecule has 0 aromatic heterocycles. The van der Waals surface area contributed by atoms with Gasteiger partial charge in [0.25, 0.3) is 0 Å².